The number of amides is 1. The van der Waals surface area contributed by atoms with Gasteiger partial charge in [-0.05, 0) is 29.6 Å². The molecule has 4 aromatic rings. The quantitative estimate of drug-likeness (QED) is 0.614. The Morgan fingerprint density at radius 1 is 1.22 bits per heavy atom. The molecule has 0 saturated heterocycles. The Kier molecular flexibility index (Phi) is 3.64. The number of thiazole rings is 1. The molecule has 0 atom stereocenters. The highest BCUT2D eigenvalue weighted by Gasteiger charge is 2.11. The summed E-state index contributed by atoms with van der Waals surface area (Å²) in [6.07, 6.45) is 1.69. The Balaban J connectivity index is 1.55. The summed E-state index contributed by atoms with van der Waals surface area (Å²) in [5.74, 6) is 0.543. The lowest BCUT2D eigenvalue weighted by Gasteiger charge is -2.08. The zero-order valence-corrected chi connectivity index (χ0v) is 13.6. The number of hydrogen-bond acceptors (Lipinski definition) is 5. The molecule has 0 saturated carbocycles. The molecule has 3 aromatic heterocycles. The molecule has 0 unspecified atom stereocenters. The number of thiophene rings is 1. The van der Waals surface area contributed by atoms with Crippen LogP contribution in [-0.4, -0.2) is 20.7 Å². The lowest BCUT2D eigenvalue weighted by atomic mass is 10.2. The summed E-state index contributed by atoms with van der Waals surface area (Å²) in [5.41, 5.74) is 3.31. The Hall–Kier alpha value is -2.51. The molecular formula is C16H12N4OS2. The van der Waals surface area contributed by atoms with Crippen molar-refractivity contribution in [2.24, 2.45) is 0 Å². The molecule has 0 aliphatic carbocycles. The third-order valence-corrected chi connectivity index (χ3v) is 5.09. The number of rotatable bonds is 4. The van der Waals surface area contributed by atoms with Gasteiger partial charge in [0.2, 0.25) is 0 Å². The molecule has 4 rings (SSSR count). The van der Waals surface area contributed by atoms with Gasteiger partial charge in [0, 0.05) is 16.5 Å². The van der Waals surface area contributed by atoms with Gasteiger partial charge in [0.15, 0.2) is 0 Å². The minimum Gasteiger partial charge on any atom is -0.307 e. The summed E-state index contributed by atoms with van der Waals surface area (Å²) >= 11 is 3.19. The molecule has 7 heteroatoms. The number of nitrogens with zero attached hydrogens (tertiary/aromatic N) is 3. The minimum absolute atomic E-state index is 0.145. The number of anilines is 1. The van der Waals surface area contributed by atoms with Gasteiger partial charge in [0.1, 0.15) is 5.82 Å². The van der Waals surface area contributed by atoms with E-state index in [2.05, 4.69) is 21.5 Å². The third kappa shape index (κ3) is 2.88. The summed E-state index contributed by atoms with van der Waals surface area (Å²) < 4.78 is 2.79. The normalized spacial score (nSPS) is 11.0. The summed E-state index contributed by atoms with van der Waals surface area (Å²) in [4.78, 5) is 17.9. The predicted octanol–water partition coefficient (Wildman–Crippen LogP) is 3.85. The lowest BCUT2D eigenvalue weighted by Crippen LogP contribution is -2.15. The Morgan fingerprint density at radius 3 is 3.04 bits per heavy atom. The van der Waals surface area contributed by atoms with Crippen molar-refractivity contribution < 1.29 is 4.79 Å². The van der Waals surface area contributed by atoms with E-state index in [0.29, 0.717) is 17.9 Å². The van der Waals surface area contributed by atoms with Crippen LogP contribution in [0.4, 0.5) is 5.82 Å². The van der Waals surface area contributed by atoms with Gasteiger partial charge in [-0.15, -0.1) is 22.7 Å². The van der Waals surface area contributed by atoms with Gasteiger partial charge < -0.3 is 5.32 Å². The van der Waals surface area contributed by atoms with E-state index in [1.165, 1.54) is 16.2 Å². The molecule has 0 aliphatic rings. The van der Waals surface area contributed by atoms with Gasteiger partial charge in [-0.25, -0.2) is 9.67 Å². The number of aromatic nitrogens is 3. The minimum atomic E-state index is -0.145. The largest absolute Gasteiger partial charge is 0.307 e. The maximum atomic E-state index is 12.5. The van der Waals surface area contributed by atoms with E-state index < -0.39 is 0 Å². The van der Waals surface area contributed by atoms with Crippen molar-refractivity contribution in [3.05, 3.63) is 63.9 Å². The van der Waals surface area contributed by atoms with Crippen LogP contribution in [0.1, 0.15) is 15.2 Å². The summed E-state index contributed by atoms with van der Waals surface area (Å²) in [6.45, 7) is 0.647. The molecular weight excluding hydrogens is 328 g/mol. The van der Waals surface area contributed by atoms with Gasteiger partial charge in [0.25, 0.3) is 5.91 Å². The van der Waals surface area contributed by atoms with Crippen molar-refractivity contribution in [2.75, 3.05) is 5.32 Å². The van der Waals surface area contributed by atoms with Gasteiger partial charge in [-0.1, -0.05) is 6.07 Å². The highest BCUT2D eigenvalue weighted by molar-refractivity contribution is 7.16. The molecule has 1 amide bonds. The predicted molar refractivity (Wildman–Crippen MR) is 93.2 cm³/mol. The maximum Gasteiger partial charge on any atom is 0.256 e. The Morgan fingerprint density at radius 2 is 2.17 bits per heavy atom. The van der Waals surface area contributed by atoms with Crippen molar-refractivity contribution in [2.45, 2.75) is 6.54 Å². The number of nitrogens with one attached hydrogen (secondary N) is 1. The highest BCUT2D eigenvalue weighted by Crippen LogP contribution is 2.20. The van der Waals surface area contributed by atoms with E-state index in [-0.39, 0.29) is 5.91 Å². The zero-order valence-electron chi connectivity index (χ0n) is 12.0. The monoisotopic (exact) mass is 340 g/mol. The van der Waals surface area contributed by atoms with Crippen LogP contribution >= 0.6 is 22.7 Å². The van der Waals surface area contributed by atoms with Gasteiger partial charge in [0.05, 0.1) is 28.5 Å². The first kappa shape index (κ1) is 14.1. The van der Waals surface area contributed by atoms with E-state index in [9.17, 15) is 4.79 Å². The summed E-state index contributed by atoms with van der Waals surface area (Å²) in [5, 5.41) is 9.24. The highest BCUT2D eigenvalue weighted by atomic mass is 32.1. The maximum absolute atomic E-state index is 12.5. The SMILES string of the molecule is O=C(Nc1ccnn1Cc1cccs1)c1ccc2ncsc2c1. The van der Waals surface area contributed by atoms with Crippen LogP contribution in [-0.2, 0) is 6.54 Å². The first-order valence-corrected chi connectivity index (χ1v) is 8.74. The smallest absolute Gasteiger partial charge is 0.256 e. The van der Waals surface area contributed by atoms with E-state index in [1.54, 1.807) is 39.9 Å². The molecule has 23 heavy (non-hydrogen) atoms. The molecule has 1 aromatic carbocycles. The first-order valence-electron chi connectivity index (χ1n) is 6.98. The molecule has 0 fully saturated rings. The van der Waals surface area contributed by atoms with Crippen molar-refractivity contribution in [1.29, 1.82) is 0 Å². The number of carbonyl (C=O) groups is 1. The van der Waals surface area contributed by atoms with E-state index >= 15 is 0 Å². The van der Waals surface area contributed by atoms with Crippen LogP contribution in [0.5, 0.6) is 0 Å². The number of benzene rings is 1. The van der Waals surface area contributed by atoms with Crippen LogP contribution in [0.25, 0.3) is 10.2 Å². The molecule has 0 radical (unpaired) electrons. The molecule has 3 heterocycles. The van der Waals surface area contributed by atoms with Crippen molar-refractivity contribution >= 4 is 44.6 Å². The molecule has 0 spiro atoms. The summed E-state index contributed by atoms with van der Waals surface area (Å²) in [6, 6.07) is 11.4. The van der Waals surface area contributed by atoms with Crippen LogP contribution < -0.4 is 5.32 Å². The van der Waals surface area contributed by atoms with Crippen LogP contribution in [0.15, 0.2) is 53.5 Å². The fourth-order valence-corrected chi connectivity index (χ4v) is 3.70. The van der Waals surface area contributed by atoms with Crippen LogP contribution in [0, 0.1) is 0 Å². The number of carbonyl (C=O) groups excluding carboxylic acids is 1. The fraction of sp³-hybridized carbons (Fsp3) is 0.0625. The Labute approximate surface area is 140 Å². The fourth-order valence-electron chi connectivity index (χ4n) is 2.30. The third-order valence-electron chi connectivity index (χ3n) is 3.44. The second-order valence-corrected chi connectivity index (χ2v) is 6.86. The number of hydrogen-bond donors (Lipinski definition) is 1. The molecule has 0 bridgehead atoms. The zero-order chi connectivity index (χ0) is 15.6. The molecule has 0 aliphatic heterocycles. The van der Waals surface area contributed by atoms with Gasteiger partial charge in [-0.2, -0.15) is 5.10 Å². The number of fused-ring (bicyclic) bond motifs is 1. The Bertz CT molecular complexity index is 955. The molecule has 5 nitrogen and oxygen atoms in total. The standard InChI is InChI=1S/C16H12N4OS2/c21-16(11-3-4-13-14(8-11)23-10-17-13)19-15-5-6-18-20(15)9-12-2-1-7-22-12/h1-8,10H,9H2,(H,19,21). The summed E-state index contributed by atoms with van der Waals surface area (Å²) in [7, 11) is 0. The van der Waals surface area contributed by atoms with Crippen molar-refractivity contribution in [3.8, 4) is 0 Å². The van der Waals surface area contributed by atoms with E-state index in [0.717, 1.165) is 10.2 Å². The molecule has 1 N–H and O–H groups in total. The van der Waals surface area contributed by atoms with Crippen LogP contribution in [0.3, 0.4) is 0 Å². The molecule has 114 valence electrons. The van der Waals surface area contributed by atoms with Crippen LogP contribution in [0.2, 0.25) is 0 Å². The van der Waals surface area contributed by atoms with E-state index in [1.807, 2.05) is 23.6 Å². The second-order valence-electron chi connectivity index (χ2n) is 4.94. The average molecular weight is 340 g/mol. The van der Waals surface area contributed by atoms with Crippen molar-refractivity contribution in [3.63, 3.8) is 0 Å². The van der Waals surface area contributed by atoms with Gasteiger partial charge in [-0.3, -0.25) is 4.79 Å². The van der Waals surface area contributed by atoms with Crippen molar-refractivity contribution in [1.82, 2.24) is 14.8 Å². The topological polar surface area (TPSA) is 59.8 Å². The average Bonchev–Trinajstić information content (AvgIpc) is 3.29. The first-order chi connectivity index (χ1) is 11.3. The van der Waals surface area contributed by atoms with E-state index in [4.69, 9.17) is 0 Å². The lowest BCUT2D eigenvalue weighted by molar-refractivity contribution is 0.102. The second kappa shape index (κ2) is 5.94. The van der Waals surface area contributed by atoms with Gasteiger partial charge >= 0.3 is 0 Å².